The molecule has 0 radical (unpaired) electrons. The molecule has 0 bridgehead atoms. The van der Waals surface area contributed by atoms with Gasteiger partial charge in [0.15, 0.2) is 6.29 Å². The van der Waals surface area contributed by atoms with Crippen molar-refractivity contribution in [1.29, 1.82) is 0 Å². The van der Waals surface area contributed by atoms with E-state index in [4.69, 9.17) is 9.47 Å². The number of hydrogen-bond acceptors (Lipinski definition) is 4. The van der Waals surface area contributed by atoms with Gasteiger partial charge in [-0.05, 0) is 35.3 Å². The third kappa shape index (κ3) is 4.04. The number of aryl methyl sites for hydroxylation is 1. The summed E-state index contributed by atoms with van der Waals surface area (Å²) in [5.74, 6) is 0. The quantitative estimate of drug-likeness (QED) is 0.786. The van der Waals surface area contributed by atoms with E-state index < -0.39 is 0 Å². The summed E-state index contributed by atoms with van der Waals surface area (Å²) in [5, 5.41) is 8.04. The molecule has 20 heavy (non-hydrogen) atoms. The Morgan fingerprint density at radius 2 is 2.15 bits per heavy atom. The molecule has 1 fully saturated rings. The molecule has 1 saturated heterocycles. The lowest BCUT2D eigenvalue weighted by atomic mass is 10.1. The largest absolute Gasteiger partial charge is 0.350 e. The van der Waals surface area contributed by atoms with Crippen LogP contribution in [0.1, 0.15) is 44.8 Å². The third-order valence-corrected chi connectivity index (χ3v) is 3.97. The van der Waals surface area contributed by atoms with Gasteiger partial charge in [0.25, 0.3) is 0 Å². The highest BCUT2D eigenvalue weighted by molar-refractivity contribution is 9.10. The highest BCUT2D eigenvalue weighted by Gasteiger charge is 2.26. The second-order valence-electron chi connectivity index (χ2n) is 5.01. The normalized spacial score (nSPS) is 17.8. The van der Waals surface area contributed by atoms with E-state index in [1.54, 1.807) is 0 Å². The maximum Gasteiger partial charge on any atom is 0.159 e. The summed E-state index contributed by atoms with van der Waals surface area (Å²) in [5.41, 5.74) is 1.19. The van der Waals surface area contributed by atoms with Crippen LogP contribution in [-0.4, -0.2) is 35.8 Å². The van der Waals surface area contributed by atoms with Crippen molar-refractivity contribution < 1.29 is 9.47 Å². The molecule has 1 aromatic rings. The van der Waals surface area contributed by atoms with E-state index in [1.807, 2.05) is 6.20 Å². The summed E-state index contributed by atoms with van der Waals surface area (Å²) in [7, 11) is 0. The Morgan fingerprint density at radius 3 is 2.80 bits per heavy atom. The molecule has 1 unspecified atom stereocenters. The van der Waals surface area contributed by atoms with Crippen LogP contribution in [0.3, 0.4) is 0 Å². The topological polar surface area (TPSA) is 48.3 Å². The summed E-state index contributed by atoms with van der Waals surface area (Å²) in [4.78, 5) is 0. The Bertz CT molecular complexity index is 405. The predicted octanol–water partition coefficient (Wildman–Crippen LogP) is 2.86. The van der Waals surface area contributed by atoms with Gasteiger partial charge in [-0.1, -0.05) is 13.8 Å². The number of ether oxygens (including phenoxy) is 2. The van der Waals surface area contributed by atoms with Crippen LogP contribution in [0.25, 0.3) is 0 Å². The van der Waals surface area contributed by atoms with Crippen molar-refractivity contribution in [2.24, 2.45) is 0 Å². The van der Waals surface area contributed by atoms with Crippen LogP contribution >= 0.6 is 15.9 Å². The van der Waals surface area contributed by atoms with Gasteiger partial charge in [-0.15, -0.1) is 0 Å². The van der Waals surface area contributed by atoms with Gasteiger partial charge in [0.05, 0.1) is 35.6 Å². The zero-order valence-corrected chi connectivity index (χ0v) is 13.9. The number of hydrogen-bond donors (Lipinski definition) is 1. The fourth-order valence-corrected chi connectivity index (χ4v) is 3.03. The van der Waals surface area contributed by atoms with Crippen LogP contribution in [0.15, 0.2) is 10.7 Å². The average molecular weight is 346 g/mol. The molecule has 1 aliphatic heterocycles. The van der Waals surface area contributed by atoms with Gasteiger partial charge >= 0.3 is 0 Å². The molecule has 2 rings (SSSR count). The lowest BCUT2D eigenvalue weighted by molar-refractivity contribution is -0.0535. The smallest absolute Gasteiger partial charge is 0.159 e. The summed E-state index contributed by atoms with van der Waals surface area (Å²) < 4.78 is 14.3. The number of nitrogens with one attached hydrogen (secondary N) is 1. The zero-order chi connectivity index (χ0) is 14.4. The van der Waals surface area contributed by atoms with Crippen LogP contribution in [0, 0.1) is 0 Å². The number of aromatic nitrogens is 2. The van der Waals surface area contributed by atoms with Crippen molar-refractivity contribution >= 4 is 15.9 Å². The molecule has 5 nitrogen and oxygen atoms in total. The summed E-state index contributed by atoms with van der Waals surface area (Å²) >= 11 is 3.62. The van der Waals surface area contributed by atoms with Crippen LogP contribution in [0.5, 0.6) is 0 Å². The molecule has 2 heterocycles. The summed E-state index contributed by atoms with van der Waals surface area (Å²) in [6.45, 7) is 7.63. The molecule has 1 N–H and O–H groups in total. The Hall–Kier alpha value is -0.430. The van der Waals surface area contributed by atoms with Crippen molar-refractivity contribution in [3.63, 3.8) is 0 Å². The Morgan fingerprint density at radius 1 is 1.40 bits per heavy atom. The van der Waals surface area contributed by atoms with Gasteiger partial charge in [-0.3, -0.25) is 4.68 Å². The van der Waals surface area contributed by atoms with E-state index in [2.05, 4.69) is 44.9 Å². The minimum atomic E-state index is -0.110. The van der Waals surface area contributed by atoms with Crippen LogP contribution in [-0.2, 0) is 16.0 Å². The Labute approximate surface area is 129 Å². The number of nitrogens with zero attached hydrogens (tertiary/aromatic N) is 2. The first-order chi connectivity index (χ1) is 9.76. The predicted molar refractivity (Wildman–Crippen MR) is 81.6 cm³/mol. The molecule has 0 saturated carbocycles. The highest BCUT2D eigenvalue weighted by Crippen LogP contribution is 2.28. The maximum atomic E-state index is 5.59. The van der Waals surface area contributed by atoms with Crippen molar-refractivity contribution in [3.05, 3.63) is 16.4 Å². The lowest BCUT2D eigenvalue weighted by Gasteiger charge is -2.23. The maximum absolute atomic E-state index is 5.59. The molecule has 0 aromatic carbocycles. The van der Waals surface area contributed by atoms with E-state index in [0.717, 1.165) is 36.8 Å². The van der Waals surface area contributed by atoms with Crippen molar-refractivity contribution in [3.8, 4) is 0 Å². The molecule has 114 valence electrons. The second-order valence-corrected chi connectivity index (χ2v) is 5.87. The fourth-order valence-electron chi connectivity index (χ4n) is 2.45. The van der Waals surface area contributed by atoms with Crippen molar-refractivity contribution in [2.45, 2.75) is 52.0 Å². The van der Waals surface area contributed by atoms with E-state index in [9.17, 15) is 0 Å². The standard InChI is InChI=1S/C14H24BrN3O2/c1-3-5-16-12(9-13-19-7-8-20-13)14-11(15)10-17-18(14)6-4-2/h10,12-13,16H,3-9H2,1-2H3. The molecule has 1 aromatic heterocycles. The van der Waals surface area contributed by atoms with E-state index in [1.165, 1.54) is 5.69 Å². The van der Waals surface area contributed by atoms with Crippen LogP contribution in [0.2, 0.25) is 0 Å². The minimum Gasteiger partial charge on any atom is -0.350 e. The van der Waals surface area contributed by atoms with Gasteiger partial charge in [-0.25, -0.2) is 0 Å². The molecular formula is C14H24BrN3O2. The first-order valence-corrected chi connectivity index (χ1v) is 8.23. The van der Waals surface area contributed by atoms with E-state index in [-0.39, 0.29) is 12.3 Å². The number of halogens is 1. The van der Waals surface area contributed by atoms with Gasteiger partial charge in [0.1, 0.15) is 0 Å². The molecule has 6 heteroatoms. The monoisotopic (exact) mass is 345 g/mol. The summed E-state index contributed by atoms with van der Waals surface area (Å²) in [6, 6.07) is 0.196. The van der Waals surface area contributed by atoms with Crippen molar-refractivity contribution in [2.75, 3.05) is 19.8 Å². The highest BCUT2D eigenvalue weighted by atomic mass is 79.9. The Balaban J connectivity index is 2.13. The minimum absolute atomic E-state index is 0.110. The van der Waals surface area contributed by atoms with Crippen molar-refractivity contribution in [1.82, 2.24) is 15.1 Å². The average Bonchev–Trinajstić information content (AvgIpc) is 3.06. The SMILES string of the molecule is CCCNC(CC1OCCO1)c1c(Br)cnn1CCC. The van der Waals surface area contributed by atoms with Gasteiger partial charge in [0, 0.05) is 13.0 Å². The third-order valence-electron chi connectivity index (χ3n) is 3.36. The van der Waals surface area contributed by atoms with Crippen LogP contribution < -0.4 is 5.32 Å². The molecule has 0 amide bonds. The lowest BCUT2D eigenvalue weighted by Crippen LogP contribution is -2.29. The molecule has 1 atom stereocenters. The first-order valence-electron chi connectivity index (χ1n) is 7.44. The zero-order valence-electron chi connectivity index (χ0n) is 12.3. The van der Waals surface area contributed by atoms with Gasteiger partial charge in [0.2, 0.25) is 0 Å². The molecule has 0 spiro atoms. The second kappa shape index (κ2) is 8.12. The number of rotatable bonds is 8. The van der Waals surface area contributed by atoms with Crippen LogP contribution in [0.4, 0.5) is 0 Å². The summed E-state index contributed by atoms with van der Waals surface area (Å²) in [6.07, 6.45) is 4.75. The molecule has 1 aliphatic rings. The first kappa shape index (κ1) is 15.9. The fraction of sp³-hybridized carbons (Fsp3) is 0.786. The van der Waals surface area contributed by atoms with Gasteiger partial charge in [-0.2, -0.15) is 5.10 Å². The Kier molecular flexibility index (Phi) is 6.48. The van der Waals surface area contributed by atoms with E-state index in [0.29, 0.717) is 13.2 Å². The van der Waals surface area contributed by atoms with E-state index >= 15 is 0 Å². The van der Waals surface area contributed by atoms with Gasteiger partial charge < -0.3 is 14.8 Å². The molecular weight excluding hydrogens is 322 g/mol. The molecule has 0 aliphatic carbocycles.